The van der Waals surface area contributed by atoms with Crippen LogP contribution < -0.4 is 10.9 Å². The molecule has 0 saturated carbocycles. The van der Waals surface area contributed by atoms with E-state index in [4.69, 9.17) is 4.42 Å². The van der Waals surface area contributed by atoms with E-state index in [-0.39, 0.29) is 5.91 Å². The summed E-state index contributed by atoms with van der Waals surface area (Å²) in [5.74, 6) is -0.243. The normalized spacial score (nSPS) is 10.9. The van der Waals surface area contributed by atoms with Crippen molar-refractivity contribution in [2.75, 3.05) is 5.32 Å². The van der Waals surface area contributed by atoms with Crippen LogP contribution in [-0.4, -0.2) is 15.7 Å². The Hall–Kier alpha value is -3.67. The number of hydrogen-bond acceptors (Lipinski definition) is 4. The number of aryl methyl sites for hydroxylation is 2. The zero-order valence-corrected chi connectivity index (χ0v) is 14.9. The third-order valence-corrected chi connectivity index (χ3v) is 4.33. The van der Waals surface area contributed by atoms with E-state index in [9.17, 15) is 9.59 Å². The first-order valence-electron chi connectivity index (χ1n) is 8.48. The summed E-state index contributed by atoms with van der Waals surface area (Å²) in [7, 11) is 0. The first-order valence-corrected chi connectivity index (χ1v) is 8.48. The molecular formula is C21H17N3O3. The summed E-state index contributed by atoms with van der Waals surface area (Å²) in [6.45, 7) is 3.77. The molecule has 2 aromatic heterocycles. The predicted octanol–water partition coefficient (Wildman–Crippen LogP) is 3.85. The lowest BCUT2D eigenvalue weighted by Crippen LogP contribution is -2.12. The molecule has 4 rings (SSSR count). The van der Waals surface area contributed by atoms with Gasteiger partial charge in [0.25, 0.3) is 5.91 Å². The van der Waals surface area contributed by atoms with Crippen molar-refractivity contribution in [1.29, 1.82) is 0 Å². The number of rotatable bonds is 3. The summed E-state index contributed by atoms with van der Waals surface area (Å²) in [5.41, 5.74) is 3.76. The first kappa shape index (κ1) is 16.8. The van der Waals surface area contributed by atoms with E-state index in [0.717, 1.165) is 22.3 Å². The average Bonchev–Trinajstić information content (AvgIpc) is 3.08. The number of hydrogen-bond donors (Lipinski definition) is 1. The Morgan fingerprint density at radius 3 is 2.52 bits per heavy atom. The summed E-state index contributed by atoms with van der Waals surface area (Å²) in [6, 6.07) is 15.8. The van der Waals surface area contributed by atoms with Crippen LogP contribution in [0.25, 0.3) is 16.7 Å². The molecule has 0 aliphatic carbocycles. The maximum absolute atomic E-state index is 12.5. The van der Waals surface area contributed by atoms with Crippen molar-refractivity contribution in [2.24, 2.45) is 0 Å². The molecule has 0 bridgehead atoms. The molecule has 0 fully saturated rings. The standard InChI is InChI=1S/C21H17N3O3/c1-13-11-20(25)27-19-12-16(5-8-18(13)19)22-21(26)15-3-6-17(7-4-15)24-10-9-14(2)23-24/h3-12H,1-2H3,(H,22,26). The zero-order chi connectivity index (χ0) is 19.0. The number of amides is 1. The molecule has 0 spiro atoms. The van der Waals surface area contributed by atoms with Gasteiger partial charge in [-0.05, 0) is 61.9 Å². The molecule has 2 heterocycles. The Balaban J connectivity index is 1.57. The van der Waals surface area contributed by atoms with Gasteiger partial charge in [-0.15, -0.1) is 0 Å². The Bertz CT molecular complexity index is 1200. The highest BCUT2D eigenvalue weighted by molar-refractivity contribution is 6.05. The predicted molar refractivity (Wildman–Crippen MR) is 103 cm³/mol. The Kier molecular flexibility index (Phi) is 4.08. The molecule has 6 nitrogen and oxygen atoms in total. The van der Waals surface area contributed by atoms with Gasteiger partial charge >= 0.3 is 5.63 Å². The molecule has 134 valence electrons. The van der Waals surface area contributed by atoms with Crippen molar-refractivity contribution in [1.82, 2.24) is 9.78 Å². The van der Waals surface area contributed by atoms with Gasteiger partial charge in [-0.3, -0.25) is 4.79 Å². The lowest BCUT2D eigenvalue weighted by atomic mass is 10.1. The molecule has 27 heavy (non-hydrogen) atoms. The fraction of sp³-hybridized carbons (Fsp3) is 0.0952. The zero-order valence-electron chi connectivity index (χ0n) is 14.9. The second-order valence-corrected chi connectivity index (χ2v) is 6.36. The maximum atomic E-state index is 12.5. The van der Waals surface area contributed by atoms with Crippen molar-refractivity contribution in [2.45, 2.75) is 13.8 Å². The minimum atomic E-state index is -0.409. The van der Waals surface area contributed by atoms with Gasteiger partial charge in [-0.2, -0.15) is 5.10 Å². The van der Waals surface area contributed by atoms with E-state index in [1.165, 1.54) is 6.07 Å². The summed E-state index contributed by atoms with van der Waals surface area (Å²) in [4.78, 5) is 24.1. The van der Waals surface area contributed by atoms with Gasteiger partial charge < -0.3 is 9.73 Å². The summed E-state index contributed by atoms with van der Waals surface area (Å²) < 4.78 is 6.98. The van der Waals surface area contributed by atoms with Gasteiger partial charge in [0.15, 0.2) is 0 Å². The number of anilines is 1. The number of fused-ring (bicyclic) bond motifs is 1. The van der Waals surface area contributed by atoms with Crippen LogP contribution in [0.3, 0.4) is 0 Å². The fourth-order valence-corrected chi connectivity index (χ4v) is 2.93. The highest BCUT2D eigenvalue weighted by Crippen LogP contribution is 2.21. The van der Waals surface area contributed by atoms with Crippen molar-refractivity contribution < 1.29 is 9.21 Å². The highest BCUT2D eigenvalue weighted by Gasteiger charge is 2.09. The Labute approximate surface area is 155 Å². The van der Waals surface area contributed by atoms with E-state index in [1.807, 2.05) is 44.3 Å². The van der Waals surface area contributed by atoms with Crippen LogP contribution in [0.4, 0.5) is 5.69 Å². The van der Waals surface area contributed by atoms with Crippen LogP contribution in [0, 0.1) is 13.8 Å². The first-order chi connectivity index (χ1) is 13.0. The minimum Gasteiger partial charge on any atom is -0.423 e. The maximum Gasteiger partial charge on any atom is 0.336 e. The number of aromatic nitrogens is 2. The third kappa shape index (κ3) is 3.37. The molecule has 0 radical (unpaired) electrons. The molecule has 6 heteroatoms. The van der Waals surface area contributed by atoms with E-state index in [0.29, 0.717) is 16.8 Å². The van der Waals surface area contributed by atoms with Crippen LogP contribution >= 0.6 is 0 Å². The number of nitrogens with zero attached hydrogens (tertiary/aromatic N) is 2. The van der Waals surface area contributed by atoms with Gasteiger partial charge in [0.1, 0.15) is 5.58 Å². The van der Waals surface area contributed by atoms with Gasteiger partial charge in [0.2, 0.25) is 0 Å². The third-order valence-electron chi connectivity index (χ3n) is 4.33. The molecule has 0 saturated heterocycles. The Morgan fingerprint density at radius 2 is 1.81 bits per heavy atom. The molecular weight excluding hydrogens is 342 g/mol. The summed E-state index contributed by atoms with van der Waals surface area (Å²) in [5, 5.41) is 8.02. The molecule has 1 amide bonds. The summed E-state index contributed by atoms with van der Waals surface area (Å²) >= 11 is 0. The van der Waals surface area contributed by atoms with Gasteiger partial charge in [0, 0.05) is 35.0 Å². The number of carbonyl (C=O) groups excluding carboxylic acids is 1. The summed E-state index contributed by atoms with van der Waals surface area (Å²) in [6.07, 6.45) is 1.87. The van der Waals surface area contributed by atoms with E-state index < -0.39 is 5.63 Å². The second-order valence-electron chi connectivity index (χ2n) is 6.36. The molecule has 2 aromatic carbocycles. The van der Waals surface area contributed by atoms with Crippen molar-refractivity contribution in [3.05, 3.63) is 88.0 Å². The fourth-order valence-electron chi connectivity index (χ4n) is 2.93. The monoisotopic (exact) mass is 359 g/mol. The lowest BCUT2D eigenvalue weighted by Gasteiger charge is -2.08. The minimum absolute atomic E-state index is 0.243. The quantitative estimate of drug-likeness (QED) is 0.564. The topological polar surface area (TPSA) is 77.1 Å². The number of benzene rings is 2. The van der Waals surface area contributed by atoms with Gasteiger partial charge in [-0.25, -0.2) is 9.48 Å². The lowest BCUT2D eigenvalue weighted by molar-refractivity contribution is 0.102. The average molecular weight is 359 g/mol. The van der Waals surface area contributed by atoms with Crippen molar-refractivity contribution in [3.8, 4) is 5.69 Å². The van der Waals surface area contributed by atoms with Gasteiger partial charge in [0.05, 0.1) is 11.4 Å². The van der Waals surface area contributed by atoms with Crippen LogP contribution in [0.2, 0.25) is 0 Å². The smallest absolute Gasteiger partial charge is 0.336 e. The second kappa shape index (κ2) is 6.57. The van der Waals surface area contributed by atoms with Crippen LogP contribution in [0.15, 0.2) is 70.0 Å². The SMILES string of the molecule is Cc1ccn(-c2ccc(C(=O)Nc3ccc4c(C)cc(=O)oc4c3)cc2)n1. The van der Waals surface area contributed by atoms with Crippen molar-refractivity contribution >= 4 is 22.6 Å². The van der Waals surface area contributed by atoms with Gasteiger partial charge in [-0.1, -0.05) is 0 Å². The molecule has 1 N–H and O–H groups in total. The van der Waals surface area contributed by atoms with Crippen LogP contribution in [0.1, 0.15) is 21.6 Å². The number of carbonyl (C=O) groups is 1. The van der Waals surface area contributed by atoms with Crippen molar-refractivity contribution in [3.63, 3.8) is 0 Å². The largest absolute Gasteiger partial charge is 0.423 e. The molecule has 4 aromatic rings. The van der Waals surface area contributed by atoms with Crippen LogP contribution in [-0.2, 0) is 0 Å². The van der Waals surface area contributed by atoms with E-state index in [2.05, 4.69) is 10.4 Å². The molecule has 0 unspecified atom stereocenters. The Morgan fingerprint density at radius 1 is 1.04 bits per heavy atom. The molecule has 0 aliphatic rings. The van der Waals surface area contributed by atoms with Crippen LogP contribution in [0.5, 0.6) is 0 Å². The van der Waals surface area contributed by atoms with E-state index >= 15 is 0 Å². The number of nitrogens with one attached hydrogen (secondary N) is 1. The molecule has 0 atom stereocenters. The molecule has 0 aliphatic heterocycles. The highest BCUT2D eigenvalue weighted by atomic mass is 16.4. The van der Waals surface area contributed by atoms with E-state index in [1.54, 1.807) is 28.9 Å².